The second kappa shape index (κ2) is 30.4. The molecule has 0 fully saturated rings. The normalized spacial score (nSPS) is 16.6. The third-order valence-electron chi connectivity index (χ3n) is 22.1. The number of unbranched alkanes of at least 4 members (excludes halogenated alkanes) is 8. The van der Waals surface area contributed by atoms with Gasteiger partial charge in [-0.15, -0.1) is 0 Å². The van der Waals surface area contributed by atoms with Crippen molar-refractivity contribution in [3.05, 3.63) is 233 Å². The summed E-state index contributed by atoms with van der Waals surface area (Å²) in [6.45, 7) is 12.2. The molecule has 0 amide bonds. The number of aromatic nitrogens is 6. The molecule has 8 bridgehead atoms. The molecule has 0 saturated heterocycles. The number of hydrogen-bond acceptors (Lipinski definition) is 8. The Bertz CT molecular complexity index is 4640. The summed E-state index contributed by atoms with van der Waals surface area (Å²) < 4.78 is 72.0. The Kier molecular flexibility index (Phi) is 20.3. The molecule has 102 heavy (non-hydrogen) atoms. The molecule has 15 rings (SSSR count). The Hall–Kier alpha value is -9.82. The number of nitrogens with zero attached hydrogens (tertiary/aromatic N) is 6. The summed E-state index contributed by atoms with van der Waals surface area (Å²) >= 11 is 0. The lowest BCUT2D eigenvalue weighted by atomic mass is 9.74. The highest BCUT2D eigenvalue weighted by Gasteiger charge is 2.44. The zero-order valence-corrected chi connectivity index (χ0v) is 61.0. The van der Waals surface area contributed by atoms with E-state index in [4.69, 9.17) is 37.9 Å². The summed E-state index contributed by atoms with van der Waals surface area (Å²) in [7, 11) is 6.17. The van der Waals surface area contributed by atoms with E-state index in [1.807, 2.05) is 0 Å². The van der Waals surface area contributed by atoms with E-state index < -0.39 is 0 Å². The molecule has 5 aliphatic rings. The molecule has 14 nitrogen and oxygen atoms in total. The summed E-state index contributed by atoms with van der Waals surface area (Å²) in [5, 5.41) is 0. The molecular formula is C88H100N6O8+6. The summed E-state index contributed by atoms with van der Waals surface area (Å²) in [5.41, 5.74) is 19.7. The van der Waals surface area contributed by atoms with Crippen molar-refractivity contribution in [3.8, 4) is 85.1 Å². The summed E-state index contributed by atoms with van der Waals surface area (Å²) in [6.07, 6.45) is 41.7. The molecule has 10 heterocycles. The van der Waals surface area contributed by atoms with Gasteiger partial charge in [-0.25, -0.2) is 22.8 Å². The van der Waals surface area contributed by atoms with E-state index in [9.17, 15) is 0 Å². The van der Waals surface area contributed by atoms with Gasteiger partial charge in [0.05, 0.1) is 0 Å². The largest absolute Gasteiger partial charge is 0.457 e. The average molecular weight is 1370 g/mol. The predicted molar refractivity (Wildman–Crippen MR) is 392 cm³/mol. The Morgan fingerprint density at radius 2 is 0.529 bits per heavy atom. The van der Waals surface area contributed by atoms with Crippen LogP contribution in [0.15, 0.2) is 171 Å². The van der Waals surface area contributed by atoms with Crippen LogP contribution in [0.2, 0.25) is 0 Å². The molecule has 4 aromatic carbocycles. The quantitative estimate of drug-likeness (QED) is 0.0436. The van der Waals surface area contributed by atoms with E-state index in [2.05, 4.69) is 255 Å². The van der Waals surface area contributed by atoms with Gasteiger partial charge in [0, 0.05) is 147 Å². The first-order chi connectivity index (χ1) is 50.1. The van der Waals surface area contributed by atoms with Crippen molar-refractivity contribution in [2.45, 2.75) is 174 Å². The minimum Gasteiger partial charge on any atom is -0.457 e. The Balaban J connectivity index is 1.05. The van der Waals surface area contributed by atoms with Crippen LogP contribution in [-0.4, -0.2) is 27.2 Å². The van der Waals surface area contributed by atoms with Crippen molar-refractivity contribution < 1.29 is 65.3 Å². The first-order valence-electron chi connectivity index (χ1n) is 37.7. The molecule has 4 atom stereocenters. The van der Waals surface area contributed by atoms with Crippen LogP contribution in [0.1, 0.15) is 215 Å². The lowest BCUT2D eigenvalue weighted by molar-refractivity contribution is -0.688. The fourth-order valence-electron chi connectivity index (χ4n) is 16.6. The van der Waals surface area contributed by atoms with Gasteiger partial charge in [0.25, 0.3) is 5.69 Å². The van der Waals surface area contributed by atoms with Crippen LogP contribution in [0.5, 0.6) is 46.0 Å². The maximum atomic E-state index is 7.48. The summed E-state index contributed by atoms with van der Waals surface area (Å²) in [5.74, 6) is 5.57. The van der Waals surface area contributed by atoms with Crippen LogP contribution >= 0.6 is 0 Å². The molecule has 0 saturated carbocycles. The highest BCUT2D eigenvalue weighted by atomic mass is 16.7. The van der Waals surface area contributed by atoms with Crippen LogP contribution in [0.25, 0.3) is 39.1 Å². The minimum atomic E-state index is -0.212. The van der Waals surface area contributed by atoms with Gasteiger partial charge >= 0.3 is 0 Å². The zero-order valence-electron chi connectivity index (χ0n) is 61.0. The molecule has 1 aliphatic carbocycles. The standard InChI is InChI=1S/C88H100N6O8/c1-9-13-17-21-66-70-49-71-67(22-18-14-10-2)76-52-77-69(24-20-16-12-4)75-51-74-68(23-19-15-11-3)73-50-72(66)83-78(53-92-43-31-63(32-44-92)60-25-37-89(6)38-26-60)84(73)98-57-99-85(74)79(54-93-45-33-64(34-46-93)61-27-39-90(7)40-28-61)86(75)100-58-102-88(77)80(87(76)101-56-96-82(71)59(5)81(70)95-55-97-83)94-47-35-65(36-48-94)62-29-41-91(8)42-30-62/h25-52,66-69H,9-24,53-58H2,1-8H3/q+6. The van der Waals surface area contributed by atoms with Gasteiger partial charge in [0.15, 0.2) is 87.5 Å². The molecule has 4 aliphatic heterocycles. The first kappa shape index (κ1) is 68.0. The fraction of sp³-hybridized carbons (Fsp3) is 0.386. The Morgan fingerprint density at radius 1 is 0.294 bits per heavy atom. The van der Waals surface area contributed by atoms with Crippen LogP contribution < -0.4 is 65.3 Å². The van der Waals surface area contributed by atoms with Crippen LogP contribution in [-0.2, 0) is 34.2 Å². The number of rotatable bonds is 24. The smallest absolute Gasteiger partial charge is 0.296 e. The first-order valence-corrected chi connectivity index (χ1v) is 37.7. The van der Waals surface area contributed by atoms with Gasteiger partial charge in [-0.05, 0) is 90.3 Å². The van der Waals surface area contributed by atoms with Gasteiger partial charge in [0.2, 0.25) is 38.7 Å². The van der Waals surface area contributed by atoms with Crippen molar-refractivity contribution in [2.75, 3.05) is 27.2 Å². The maximum Gasteiger partial charge on any atom is 0.296 e. The number of aryl methyl sites for hydroxylation is 3. The highest BCUT2D eigenvalue weighted by molar-refractivity contribution is 5.72. The average Bonchev–Trinajstić information content (AvgIpc) is 0.721. The Morgan fingerprint density at radius 3 is 0.814 bits per heavy atom. The number of pyridine rings is 6. The molecule has 524 valence electrons. The minimum absolute atomic E-state index is 0.0211. The molecule has 6 aromatic heterocycles. The lowest BCUT2D eigenvalue weighted by Crippen LogP contribution is -2.36. The van der Waals surface area contributed by atoms with Gasteiger partial charge < -0.3 is 37.9 Å². The van der Waals surface area contributed by atoms with Gasteiger partial charge in [-0.3, -0.25) is 0 Å². The predicted octanol–water partition coefficient (Wildman–Crippen LogP) is 16.5. The van der Waals surface area contributed by atoms with Crippen LogP contribution in [0.3, 0.4) is 0 Å². The van der Waals surface area contributed by atoms with Gasteiger partial charge in [0.1, 0.15) is 66.8 Å². The van der Waals surface area contributed by atoms with Crippen LogP contribution in [0.4, 0.5) is 0 Å². The third-order valence-corrected chi connectivity index (χ3v) is 22.1. The van der Waals surface area contributed by atoms with E-state index in [1.54, 1.807) is 0 Å². The van der Waals surface area contributed by atoms with E-state index in [0.29, 0.717) is 13.1 Å². The third kappa shape index (κ3) is 13.5. The monoisotopic (exact) mass is 1370 g/mol. The lowest BCUT2D eigenvalue weighted by Gasteiger charge is -2.36. The number of ether oxygens (including phenoxy) is 8. The molecular weight excluding hydrogens is 1270 g/mol. The highest BCUT2D eigenvalue weighted by Crippen LogP contribution is 2.59. The van der Waals surface area contributed by atoms with Gasteiger partial charge in [-0.2, -0.15) is 4.57 Å². The molecule has 14 heteroatoms. The SMILES string of the molecule is CCCCCC1c2cc3c4c(C)c2OCOc2c1cc1c(c2C[n+]2ccc(-c5cc[n+](C)cc5)cc2)OCOc2c(cc5c(c2C[n+]2ccc(-c6cc[n+](C)cc6)cc2)OCOc2c(cc(c(c2-[n+]2ccc(-c6cc[n+](C)cc6)cc2)OCO4)C3CCCCC)C5CCCCC)C1CCCCC. The van der Waals surface area contributed by atoms with Crippen LogP contribution in [0, 0.1) is 6.92 Å². The van der Waals surface area contributed by atoms with E-state index in [0.717, 1.165) is 249 Å². The summed E-state index contributed by atoms with van der Waals surface area (Å²) in [6, 6.07) is 36.4. The molecule has 0 N–H and O–H groups in total. The van der Waals surface area contributed by atoms with Crippen molar-refractivity contribution in [3.63, 3.8) is 0 Å². The Labute approximate surface area is 602 Å². The van der Waals surface area contributed by atoms with Crippen molar-refractivity contribution in [1.29, 1.82) is 0 Å². The zero-order chi connectivity index (χ0) is 69.8. The maximum absolute atomic E-state index is 7.48. The van der Waals surface area contributed by atoms with Crippen molar-refractivity contribution >= 4 is 0 Å². The molecule has 0 spiro atoms. The van der Waals surface area contributed by atoms with Gasteiger partial charge in [-0.1, -0.05) is 105 Å². The molecule has 0 radical (unpaired) electrons. The number of benzene rings is 4. The molecule has 10 aromatic rings. The topological polar surface area (TPSA) is 97.1 Å². The van der Waals surface area contributed by atoms with E-state index in [1.165, 1.54) is 0 Å². The summed E-state index contributed by atoms with van der Waals surface area (Å²) in [4.78, 5) is 0. The number of hydrogen-bond donors (Lipinski definition) is 0. The van der Waals surface area contributed by atoms with Crippen molar-refractivity contribution in [2.24, 2.45) is 21.1 Å². The van der Waals surface area contributed by atoms with E-state index in [-0.39, 0.29) is 50.8 Å². The van der Waals surface area contributed by atoms with Crippen molar-refractivity contribution in [1.82, 2.24) is 0 Å². The second-order valence-electron chi connectivity index (χ2n) is 28.9. The second-order valence-corrected chi connectivity index (χ2v) is 28.9. The fourth-order valence-corrected chi connectivity index (χ4v) is 16.6. The van der Waals surface area contributed by atoms with E-state index >= 15 is 0 Å². The molecule has 4 unspecified atom stereocenters.